The molecular weight excluding hydrogens is 340 g/mol. The first-order valence-corrected chi connectivity index (χ1v) is 9.93. The van der Waals surface area contributed by atoms with Gasteiger partial charge in [-0.1, -0.05) is 19.4 Å². The quantitative estimate of drug-likeness (QED) is 0.432. The van der Waals surface area contributed by atoms with Crippen LogP contribution >= 0.6 is 0 Å². The molecule has 0 aliphatic carbocycles. The van der Waals surface area contributed by atoms with Gasteiger partial charge in [-0.05, 0) is 38.3 Å². The van der Waals surface area contributed by atoms with E-state index >= 15 is 0 Å². The molecule has 1 saturated heterocycles. The molecule has 1 aliphatic rings. The molecular formula is C20H34N6O. The number of rotatable bonds is 7. The summed E-state index contributed by atoms with van der Waals surface area (Å²) >= 11 is 0. The molecule has 0 unspecified atom stereocenters. The van der Waals surface area contributed by atoms with E-state index in [0.29, 0.717) is 6.04 Å². The van der Waals surface area contributed by atoms with Crippen LogP contribution in [0.1, 0.15) is 38.3 Å². The van der Waals surface area contributed by atoms with Crippen molar-refractivity contribution in [3.05, 3.63) is 23.9 Å². The maximum absolute atomic E-state index is 11.8. The lowest BCUT2D eigenvalue weighted by Gasteiger charge is -2.34. The molecule has 0 radical (unpaired) electrons. The Balaban J connectivity index is 1.89. The van der Waals surface area contributed by atoms with Crippen molar-refractivity contribution in [1.29, 1.82) is 0 Å². The molecule has 7 heteroatoms. The fourth-order valence-corrected chi connectivity index (χ4v) is 2.98. The molecule has 0 bridgehead atoms. The number of nitrogens with one attached hydrogen (secondary N) is 2. The SMILES string of the molecule is CCCCNC(=NCC(=O)N(C)C)NC1CCN(c2cccc(C)n2)CC1. The fourth-order valence-electron chi connectivity index (χ4n) is 2.98. The lowest BCUT2D eigenvalue weighted by Crippen LogP contribution is -2.49. The molecule has 2 heterocycles. The molecule has 1 fully saturated rings. The molecule has 1 aliphatic heterocycles. The minimum atomic E-state index is 0.00642. The number of carbonyl (C=O) groups excluding carboxylic acids is 1. The summed E-state index contributed by atoms with van der Waals surface area (Å²) < 4.78 is 0. The van der Waals surface area contributed by atoms with Gasteiger partial charge in [-0.15, -0.1) is 0 Å². The van der Waals surface area contributed by atoms with Crippen LogP contribution in [-0.4, -0.2) is 68.1 Å². The molecule has 0 aromatic carbocycles. The minimum Gasteiger partial charge on any atom is -0.356 e. The number of nitrogens with zero attached hydrogens (tertiary/aromatic N) is 4. The van der Waals surface area contributed by atoms with Crippen LogP contribution in [-0.2, 0) is 4.79 Å². The van der Waals surface area contributed by atoms with Crippen LogP contribution in [0.5, 0.6) is 0 Å². The van der Waals surface area contributed by atoms with Gasteiger partial charge in [0, 0.05) is 45.5 Å². The van der Waals surface area contributed by atoms with Gasteiger partial charge in [-0.25, -0.2) is 9.98 Å². The number of anilines is 1. The molecule has 150 valence electrons. The number of carbonyl (C=O) groups is 1. The highest BCUT2D eigenvalue weighted by Crippen LogP contribution is 2.18. The standard InChI is InChI=1S/C20H34N6O/c1-5-6-12-21-20(22-15-19(27)25(3)4)24-17-10-13-26(14-11-17)18-9-7-8-16(2)23-18/h7-9,17H,5-6,10-15H2,1-4H3,(H2,21,22,24). The summed E-state index contributed by atoms with van der Waals surface area (Å²) in [4.78, 5) is 24.9. The predicted molar refractivity (Wildman–Crippen MR) is 111 cm³/mol. The van der Waals surface area contributed by atoms with Crippen LogP contribution in [0.4, 0.5) is 5.82 Å². The van der Waals surface area contributed by atoms with Crippen LogP contribution < -0.4 is 15.5 Å². The second kappa shape index (κ2) is 10.7. The highest BCUT2D eigenvalue weighted by atomic mass is 16.2. The first-order chi connectivity index (χ1) is 13.0. The lowest BCUT2D eigenvalue weighted by atomic mass is 10.1. The summed E-state index contributed by atoms with van der Waals surface area (Å²) in [7, 11) is 3.51. The van der Waals surface area contributed by atoms with Crippen molar-refractivity contribution < 1.29 is 4.79 Å². The minimum absolute atomic E-state index is 0.00642. The third-order valence-corrected chi connectivity index (χ3v) is 4.73. The average molecular weight is 375 g/mol. The van der Waals surface area contributed by atoms with E-state index in [-0.39, 0.29) is 12.5 Å². The summed E-state index contributed by atoms with van der Waals surface area (Å²) in [5.41, 5.74) is 1.05. The first-order valence-electron chi connectivity index (χ1n) is 9.93. The highest BCUT2D eigenvalue weighted by molar-refractivity contribution is 5.84. The van der Waals surface area contributed by atoms with E-state index in [1.807, 2.05) is 13.0 Å². The highest BCUT2D eigenvalue weighted by Gasteiger charge is 2.21. The zero-order valence-electron chi connectivity index (χ0n) is 17.2. The van der Waals surface area contributed by atoms with Crippen LogP contribution in [0.2, 0.25) is 0 Å². The largest absolute Gasteiger partial charge is 0.356 e. The van der Waals surface area contributed by atoms with E-state index in [2.05, 4.69) is 44.6 Å². The van der Waals surface area contributed by atoms with Crippen molar-refractivity contribution in [2.24, 2.45) is 4.99 Å². The van der Waals surface area contributed by atoms with Gasteiger partial charge in [0.05, 0.1) is 0 Å². The molecule has 1 amide bonds. The second-order valence-electron chi connectivity index (χ2n) is 7.28. The van der Waals surface area contributed by atoms with Crippen LogP contribution in [0.15, 0.2) is 23.2 Å². The molecule has 0 atom stereocenters. The summed E-state index contributed by atoms with van der Waals surface area (Å²) in [5, 5.41) is 6.87. The number of hydrogen-bond donors (Lipinski definition) is 2. The number of aromatic nitrogens is 1. The van der Waals surface area contributed by atoms with Crippen molar-refractivity contribution in [2.45, 2.75) is 45.6 Å². The van der Waals surface area contributed by atoms with Gasteiger partial charge >= 0.3 is 0 Å². The number of pyridine rings is 1. The zero-order chi connectivity index (χ0) is 19.6. The fraction of sp³-hybridized carbons (Fsp3) is 0.650. The lowest BCUT2D eigenvalue weighted by molar-refractivity contribution is -0.127. The van der Waals surface area contributed by atoms with Crippen LogP contribution in [0, 0.1) is 6.92 Å². The van der Waals surface area contributed by atoms with Crippen molar-refractivity contribution in [1.82, 2.24) is 20.5 Å². The van der Waals surface area contributed by atoms with Crippen LogP contribution in [0.25, 0.3) is 0 Å². The van der Waals surface area contributed by atoms with Gasteiger partial charge in [0.2, 0.25) is 5.91 Å². The first kappa shape index (κ1) is 21.0. The molecule has 7 nitrogen and oxygen atoms in total. The van der Waals surface area contributed by atoms with Crippen molar-refractivity contribution in [3.63, 3.8) is 0 Å². The summed E-state index contributed by atoms with van der Waals surface area (Å²) in [5.74, 6) is 1.80. The Morgan fingerprint density at radius 3 is 2.70 bits per heavy atom. The molecule has 1 aromatic rings. The molecule has 27 heavy (non-hydrogen) atoms. The van der Waals surface area contributed by atoms with E-state index < -0.39 is 0 Å². The van der Waals surface area contributed by atoms with Crippen molar-refractivity contribution in [2.75, 3.05) is 45.2 Å². The van der Waals surface area contributed by atoms with Crippen molar-refractivity contribution in [3.8, 4) is 0 Å². The van der Waals surface area contributed by atoms with Gasteiger partial charge in [-0.3, -0.25) is 4.79 Å². The summed E-state index contributed by atoms with van der Waals surface area (Å²) in [6.45, 7) is 7.15. The van der Waals surface area contributed by atoms with E-state index in [9.17, 15) is 4.79 Å². The van der Waals surface area contributed by atoms with Gasteiger partial charge in [-0.2, -0.15) is 0 Å². The molecule has 2 N–H and O–H groups in total. The van der Waals surface area contributed by atoms with E-state index in [0.717, 1.165) is 62.8 Å². The Kier molecular flexibility index (Phi) is 8.36. The van der Waals surface area contributed by atoms with Gasteiger partial charge in [0.15, 0.2) is 5.96 Å². The molecule has 0 spiro atoms. The number of aliphatic imine (C=N–C) groups is 1. The number of hydrogen-bond acceptors (Lipinski definition) is 4. The normalized spacial score (nSPS) is 15.6. The number of aryl methyl sites for hydroxylation is 1. The molecule has 1 aromatic heterocycles. The number of unbranched alkanes of at least 4 members (excludes halogenated alkanes) is 1. The molecule has 2 rings (SSSR count). The second-order valence-corrected chi connectivity index (χ2v) is 7.28. The Morgan fingerprint density at radius 1 is 1.33 bits per heavy atom. The Labute approximate surface area is 163 Å². The average Bonchev–Trinajstić information content (AvgIpc) is 2.66. The monoisotopic (exact) mass is 374 g/mol. The topological polar surface area (TPSA) is 72.9 Å². The molecule has 0 saturated carbocycles. The van der Waals surface area contributed by atoms with E-state index in [1.165, 1.54) is 0 Å². The van der Waals surface area contributed by atoms with Gasteiger partial charge in [0.1, 0.15) is 12.4 Å². The number of guanidine groups is 1. The maximum atomic E-state index is 11.8. The smallest absolute Gasteiger partial charge is 0.243 e. The summed E-state index contributed by atoms with van der Waals surface area (Å²) in [6.07, 6.45) is 4.25. The van der Waals surface area contributed by atoms with E-state index in [1.54, 1.807) is 19.0 Å². The number of likely N-dealkylation sites (N-methyl/N-ethyl adjacent to an activating group) is 1. The zero-order valence-corrected chi connectivity index (χ0v) is 17.2. The predicted octanol–water partition coefficient (Wildman–Crippen LogP) is 1.78. The number of amides is 1. The Hall–Kier alpha value is -2.31. The van der Waals surface area contributed by atoms with Crippen molar-refractivity contribution >= 4 is 17.7 Å². The summed E-state index contributed by atoms with van der Waals surface area (Å²) in [6, 6.07) is 6.52. The maximum Gasteiger partial charge on any atom is 0.243 e. The van der Waals surface area contributed by atoms with Gasteiger partial charge < -0.3 is 20.4 Å². The third-order valence-electron chi connectivity index (χ3n) is 4.73. The van der Waals surface area contributed by atoms with Gasteiger partial charge in [0.25, 0.3) is 0 Å². The number of piperidine rings is 1. The van der Waals surface area contributed by atoms with E-state index in [4.69, 9.17) is 0 Å². The Bertz CT molecular complexity index is 623. The Morgan fingerprint density at radius 2 is 2.07 bits per heavy atom. The van der Waals surface area contributed by atoms with Crippen LogP contribution in [0.3, 0.4) is 0 Å². The third kappa shape index (κ3) is 7.07.